The molecule has 0 bridgehead atoms. The number of benzene rings is 1. The van der Waals surface area contributed by atoms with Crippen LogP contribution in [0.1, 0.15) is 31.2 Å². The fourth-order valence-electron chi connectivity index (χ4n) is 2.47. The van der Waals surface area contributed by atoms with E-state index in [2.05, 4.69) is 5.32 Å². The molecular weight excluding hydrogens is 268 g/mol. The summed E-state index contributed by atoms with van der Waals surface area (Å²) in [7, 11) is 0. The highest BCUT2D eigenvalue weighted by Crippen LogP contribution is 2.29. The van der Waals surface area contributed by atoms with Crippen LogP contribution in [0.15, 0.2) is 28.7 Å². The summed E-state index contributed by atoms with van der Waals surface area (Å²) in [5.41, 5.74) is 1.87. The monoisotopic (exact) mass is 290 g/mol. The normalized spacial score (nSPS) is 12.4. The Balaban J connectivity index is 2.16. The molecule has 2 N–H and O–H groups in total. The van der Waals surface area contributed by atoms with E-state index in [4.69, 9.17) is 9.52 Å². The summed E-state index contributed by atoms with van der Waals surface area (Å²) >= 11 is 0. The molecule has 1 aromatic carbocycles. The van der Waals surface area contributed by atoms with Crippen LogP contribution in [-0.2, 0) is 0 Å². The van der Waals surface area contributed by atoms with Crippen molar-refractivity contribution < 1.29 is 14.3 Å². The van der Waals surface area contributed by atoms with E-state index >= 15 is 0 Å². The Morgan fingerprint density at radius 2 is 2.14 bits per heavy atom. The number of hydrogen-bond acceptors (Lipinski definition) is 3. The summed E-state index contributed by atoms with van der Waals surface area (Å²) in [5.74, 6) is 0.768. The Kier molecular flexibility index (Phi) is 4.85. The van der Waals surface area contributed by atoms with Gasteiger partial charge in [-0.25, -0.2) is 4.79 Å². The molecule has 0 aliphatic carbocycles. The van der Waals surface area contributed by atoms with Gasteiger partial charge in [0.05, 0.1) is 12.6 Å². The smallest absolute Gasteiger partial charge is 0.318 e. The third-order valence-corrected chi connectivity index (χ3v) is 3.65. The van der Waals surface area contributed by atoms with Crippen molar-refractivity contribution in [3.63, 3.8) is 0 Å². The number of fused-ring (bicyclic) bond motifs is 1. The van der Waals surface area contributed by atoms with Gasteiger partial charge in [0, 0.05) is 24.0 Å². The fraction of sp³-hybridized carbons (Fsp3) is 0.438. The molecule has 1 heterocycles. The zero-order valence-electron chi connectivity index (χ0n) is 12.7. The highest BCUT2D eigenvalue weighted by atomic mass is 16.3. The summed E-state index contributed by atoms with van der Waals surface area (Å²) < 4.78 is 5.85. The molecule has 1 atom stereocenters. The lowest BCUT2D eigenvalue weighted by Gasteiger charge is -2.22. The quantitative estimate of drug-likeness (QED) is 0.890. The van der Waals surface area contributed by atoms with E-state index in [0.29, 0.717) is 13.1 Å². The van der Waals surface area contributed by atoms with Crippen molar-refractivity contribution in [2.45, 2.75) is 26.8 Å². The minimum absolute atomic E-state index is 0.0424. The Hall–Kier alpha value is -2.01. The topological polar surface area (TPSA) is 65.7 Å². The van der Waals surface area contributed by atoms with Gasteiger partial charge in [0.1, 0.15) is 11.3 Å². The molecule has 5 nitrogen and oxygen atoms in total. The van der Waals surface area contributed by atoms with Crippen molar-refractivity contribution >= 4 is 17.0 Å². The van der Waals surface area contributed by atoms with Crippen LogP contribution in [0.4, 0.5) is 4.79 Å². The molecule has 114 valence electrons. The van der Waals surface area contributed by atoms with Gasteiger partial charge in [-0.05, 0) is 26.8 Å². The molecule has 2 amide bonds. The third kappa shape index (κ3) is 3.19. The molecule has 0 saturated carbocycles. The summed E-state index contributed by atoms with van der Waals surface area (Å²) in [6.45, 7) is 6.61. The number of urea groups is 1. The first-order valence-electron chi connectivity index (χ1n) is 7.22. The zero-order chi connectivity index (χ0) is 15.4. The predicted octanol–water partition coefficient (Wildman–Crippen LogP) is 2.83. The molecule has 5 heteroatoms. The Morgan fingerprint density at radius 3 is 2.76 bits per heavy atom. The zero-order valence-corrected chi connectivity index (χ0v) is 12.7. The molecule has 1 aromatic heterocycles. The van der Waals surface area contributed by atoms with E-state index in [0.717, 1.165) is 22.3 Å². The van der Waals surface area contributed by atoms with Crippen LogP contribution in [0, 0.1) is 6.92 Å². The van der Waals surface area contributed by atoms with Crippen molar-refractivity contribution in [2.75, 3.05) is 19.7 Å². The lowest BCUT2D eigenvalue weighted by atomic mass is 10.1. The van der Waals surface area contributed by atoms with E-state index in [-0.39, 0.29) is 18.7 Å². The van der Waals surface area contributed by atoms with Gasteiger partial charge >= 0.3 is 6.03 Å². The number of carbonyl (C=O) groups is 1. The summed E-state index contributed by atoms with van der Waals surface area (Å²) in [6.07, 6.45) is 0. The van der Waals surface area contributed by atoms with Crippen molar-refractivity contribution in [3.8, 4) is 0 Å². The van der Waals surface area contributed by atoms with Crippen molar-refractivity contribution in [1.29, 1.82) is 0 Å². The van der Waals surface area contributed by atoms with E-state index < -0.39 is 0 Å². The molecule has 0 saturated heterocycles. The van der Waals surface area contributed by atoms with Crippen molar-refractivity contribution in [2.24, 2.45) is 0 Å². The summed E-state index contributed by atoms with van der Waals surface area (Å²) in [4.78, 5) is 13.7. The van der Waals surface area contributed by atoms with Gasteiger partial charge < -0.3 is 19.7 Å². The number of aliphatic hydroxyl groups excluding tert-OH is 1. The first-order chi connectivity index (χ1) is 10.1. The van der Waals surface area contributed by atoms with Crippen LogP contribution in [0.2, 0.25) is 0 Å². The Morgan fingerprint density at radius 1 is 1.43 bits per heavy atom. The van der Waals surface area contributed by atoms with Crippen LogP contribution < -0.4 is 5.32 Å². The Bertz CT molecular complexity index is 621. The fourth-order valence-corrected chi connectivity index (χ4v) is 2.47. The molecular formula is C16H22N2O3. The largest absolute Gasteiger partial charge is 0.459 e. The minimum Gasteiger partial charge on any atom is -0.459 e. The lowest BCUT2D eigenvalue weighted by molar-refractivity contribution is 0.176. The summed E-state index contributed by atoms with van der Waals surface area (Å²) in [5, 5.41) is 12.9. The Labute approximate surface area is 124 Å². The van der Waals surface area contributed by atoms with Gasteiger partial charge in [-0.1, -0.05) is 18.2 Å². The molecule has 2 rings (SSSR count). The predicted molar refractivity (Wildman–Crippen MR) is 82.2 cm³/mol. The molecule has 2 aromatic rings. The number of para-hydroxylation sites is 1. The van der Waals surface area contributed by atoms with Crippen LogP contribution in [0.25, 0.3) is 11.0 Å². The number of likely N-dealkylation sites (N-methyl/N-ethyl adjacent to an activating group) is 1. The van der Waals surface area contributed by atoms with Gasteiger partial charge in [-0.2, -0.15) is 0 Å². The second-order valence-corrected chi connectivity index (χ2v) is 5.06. The maximum absolute atomic E-state index is 12.1. The van der Waals surface area contributed by atoms with Crippen LogP contribution in [0.3, 0.4) is 0 Å². The second kappa shape index (κ2) is 6.63. The number of aryl methyl sites for hydroxylation is 1. The standard InChI is InChI=1S/C16H22N2O3/c1-4-18(9-10-19)16(20)17-12(3)15-11(2)13-7-5-6-8-14(13)21-15/h5-8,12,19H,4,9-10H2,1-3H3,(H,17,20). The van der Waals surface area contributed by atoms with Crippen molar-refractivity contribution in [1.82, 2.24) is 10.2 Å². The van der Waals surface area contributed by atoms with Crippen molar-refractivity contribution in [3.05, 3.63) is 35.6 Å². The SMILES string of the molecule is CCN(CCO)C(=O)NC(C)c1oc2ccccc2c1C. The molecule has 1 unspecified atom stereocenters. The third-order valence-electron chi connectivity index (χ3n) is 3.65. The number of nitrogens with zero attached hydrogens (tertiary/aromatic N) is 1. The first-order valence-corrected chi connectivity index (χ1v) is 7.22. The summed E-state index contributed by atoms with van der Waals surface area (Å²) in [6, 6.07) is 7.41. The number of aliphatic hydroxyl groups is 1. The molecule has 0 radical (unpaired) electrons. The molecule has 0 spiro atoms. The van der Waals surface area contributed by atoms with E-state index in [9.17, 15) is 4.79 Å². The maximum atomic E-state index is 12.1. The van der Waals surface area contributed by atoms with Crippen LogP contribution in [-0.4, -0.2) is 35.7 Å². The number of hydrogen-bond donors (Lipinski definition) is 2. The van der Waals surface area contributed by atoms with Gasteiger partial charge in [0.25, 0.3) is 0 Å². The van der Waals surface area contributed by atoms with Gasteiger partial charge in [-0.15, -0.1) is 0 Å². The van der Waals surface area contributed by atoms with Gasteiger partial charge in [-0.3, -0.25) is 0 Å². The maximum Gasteiger partial charge on any atom is 0.318 e. The van der Waals surface area contributed by atoms with E-state index in [1.54, 1.807) is 4.90 Å². The highest BCUT2D eigenvalue weighted by molar-refractivity contribution is 5.82. The lowest BCUT2D eigenvalue weighted by Crippen LogP contribution is -2.42. The van der Waals surface area contributed by atoms with Gasteiger partial charge in [0.15, 0.2) is 0 Å². The number of furan rings is 1. The second-order valence-electron chi connectivity index (χ2n) is 5.06. The number of nitrogens with one attached hydrogen (secondary N) is 1. The molecule has 0 aliphatic rings. The number of carbonyl (C=O) groups excluding carboxylic acids is 1. The average Bonchev–Trinajstić information content (AvgIpc) is 2.82. The van der Waals surface area contributed by atoms with Crippen LogP contribution >= 0.6 is 0 Å². The molecule has 0 aliphatic heterocycles. The van der Waals surface area contributed by atoms with Crippen LogP contribution in [0.5, 0.6) is 0 Å². The van der Waals surface area contributed by atoms with E-state index in [1.165, 1.54) is 0 Å². The van der Waals surface area contributed by atoms with Gasteiger partial charge in [0.2, 0.25) is 0 Å². The number of rotatable bonds is 5. The van der Waals surface area contributed by atoms with E-state index in [1.807, 2.05) is 45.0 Å². The highest BCUT2D eigenvalue weighted by Gasteiger charge is 2.20. The minimum atomic E-state index is -0.224. The average molecular weight is 290 g/mol. The molecule has 21 heavy (non-hydrogen) atoms. The first kappa shape index (κ1) is 15.4. The molecule has 0 fully saturated rings. The number of amides is 2.